The smallest absolute Gasteiger partial charge is 0.356 e. The lowest BCUT2D eigenvalue weighted by Gasteiger charge is -2.12. The van der Waals surface area contributed by atoms with Crippen LogP contribution in [0.2, 0.25) is 5.02 Å². The fourth-order valence-corrected chi connectivity index (χ4v) is 2.85. The van der Waals surface area contributed by atoms with Gasteiger partial charge in [0.15, 0.2) is 17.2 Å². The van der Waals surface area contributed by atoms with Crippen LogP contribution >= 0.6 is 22.9 Å². The van der Waals surface area contributed by atoms with Crippen LogP contribution in [0.15, 0.2) is 17.6 Å². The van der Waals surface area contributed by atoms with E-state index in [0.29, 0.717) is 27.0 Å². The Bertz CT molecular complexity index is 626. The zero-order valence-corrected chi connectivity index (χ0v) is 11.7. The monoisotopic (exact) mass is 299 g/mol. The summed E-state index contributed by atoms with van der Waals surface area (Å²) >= 11 is 7.45. The van der Waals surface area contributed by atoms with Gasteiger partial charge in [0.25, 0.3) is 0 Å². The summed E-state index contributed by atoms with van der Waals surface area (Å²) < 4.78 is 10.3. The molecule has 19 heavy (non-hydrogen) atoms. The summed E-state index contributed by atoms with van der Waals surface area (Å²) in [6, 6.07) is 3.36. The molecule has 1 aromatic heterocycles. The third kappa shape index (κ3) is 2.36. The minimum Gasteiger partial charge on any atom is -0.493 e. The number of hydrogen-bond acceptors (Lipinski definition) is 5. The highest BCUT2D eigenvalue weighted by molar-refractivity contribution is 7.13. The average molecular weight is 300 g/mol. The number of thiazole rings is 1. The van der Waals surface area contributed by atoms with E-state index in [1.54, 1.807) is 12.1 Å². The Morgan fingerprint density at radius 1 is 1.37 bits per heavy atom. The normalized spacial score (nSPS) is 10.3. The summed E-state index contributed by atoms with van der Waals surface area (Å²) in [7, 11) is 2.97. The van der Waals surface area contributed by atoms with Gasteiger partial charge in [-0.05, 0) is 12.1 Å². The Labute approximate surface area is 118 Å². The second kappa shape index (κ2) is 5.46. The summed E-state index contributed by atoms with van der Waals surface area (Å²) in [5.41, 5.74) is 1.99. The summed E-state index contributed by atoms with van der Waals surface area (Å²) in [5, 5.41) is 9.38. The van der Waals surface area contributed by atoms with Crippen molar-refractivity contribution >= 4 is 28.9 Å². The molecule has 0 aliphatic heterocycles. The lowest BCUT2D eigenvalue weighted by molar-refractivity contribution is 0.0692. The number of benzene rings is 1. The third-order valence-corrected chi connectivity index (χ3v) is 3.73. The highest BCUT2D eigenvalue weighted by atomic mass is 35.5. The Morgan fingerprint density at radius 2 is 2.11 bits per heavy atom. The maximum atomic E-state index is 11.1. The van der Waals surface area contributed by atoms with Crippen LogP contribution in [0.25, 0.3) is 10.4 Å². The number of hydrogen-bond donors (Lipinski definition) is 1. The van der Waals surface area contributed by atoms with Crippen molar-refractivity contribution in [2.45, 2.75) is 0 Å². The van der Waals surface area contributed by atoms with Gasteiger partial charge in [0.05, 0.1) is 29.6 Å². The predicted octanol–water partition coefficient (Wildman–Crippen LogP) is 3.18. The molecule has 1 aromatic carbocycles. The van der Waals surface area contributed by atoms with E-state index in [1.165, 1.54) is 31.1 Å². The van der Waals surface area contributed by atoms with Crippen LogP contribution in [0.5, 0.6) is 11.5 Å². The summed E-state index contributed by atoms with van der Waals surface area (Å²) in [6.45, 7) is 0. The summed E-state index contributed by atoms with van der Waals surface area (Å²) in [6.07, 6.45) is 0. The van der Waals surface area contributed by atoms with Crippen molar-refractivity contribution < 1.29 is 19.4 Å². The van der Waals surface area contributed by atoms with Gasteiger partial charge in [0.2, 0.25) is 0 Å². The molecule has 1 N–H and O–H groups in total. The SMILES string of the molecule is COc1ccc(-c2scnc2C(=O)O)c(Cl)c1OC. The van der Waals surface area contributed by atoms with E-state index in [9.17, 15) is 4.79 Å². The molecule has 0 atom stereocenters. The Balaban J connectivity index is 2.63. The van der Waals surface area contributed by atoms with Crippen molar-refractivity contribution in [1.29, 1.82) is 0 Å². The number of aromatic carboxylic acids is 1. The summed E-state index contributed by atoms with van der Waals surface area (Å²) in [4.78, 5) is 15.4. The molecule has 0 unspecified atom stereocenters. The first-order valence-electron chi connectivity index (χ1n) is 5.17. The molecule has 2 rings (SSSR count). The zero-order valence-electron chi connectivity index (χ0n) is 10.1. The molecule has 0 saturated carbocycles. The number of carboxylic acid groups (broad SMARTS) is 1. The summed E-state index contributed by atoms with van der Waals surface area (Å²) in [5.74, 6) is -0.244. The topological polar surface area (TPSA) is 68.7 Å². The van der Waals surface area contributed by atoms with Crippen LogP contribution in [0.3, 0.4) is 0 Å². The van der Waals surface area contributed by atoms with Crippen molar-refractivity contribution in [1.82, 2.24) is 4.98 Å². The molecule has 0 aliphatic carbocycles. The predicted molar refractivity (Wildman–Crippen MR) is 72.6 cm³/mol. The molecule has 0 spiro atoms. The van der Waals surface area contributed by atoms with Gasteiger partial charge < -0.3 is 14.6 Å². The largest absolute Gasteiger partial charge is 0.493 e. The Kier molecular flexibility index (Phi) is 3.92. The van der Waals surface area contributed by atoms with E-state index in [-0.39, 0.29) is 5.69 Å². The van der Waals surface area contributed by atoms with Crippen LogP contribution in [0, 0.1) is 0 Å². The number of carbonyl (C=O) groups is 1. The first-order chi connectivity index (χ1) is 9.10. The Hall–Kier alpha value is -1.79. The lowest BCUT2D eigenvalue weighted by atomic mass is 10.1. The highest BCUT2D eigenvalue weighted by Crippen LogP contribution is 2.43. The Morgan fingerprint density at radius 3 is 2.68 bits per heavy atom. The van der Waals surface area contributed by atoms with Crippen molar-refractivity contribution in [3.8, 4) is 21.9 Å². The van der Waals surface area contributed by atoms with E-state index in [1.807, 2.05) is 0 Å². The average Bonchev–Trinajstić information content (AvgIpc) is 2.87. The van der Waals surface area contributed by atoms with E-state index in [2.05, 4.69) is 4.98 Å². The zero-order chi connectivity index (χ0) is 14.0. The van der Waals surface area contributed by atoms with Gasteiger partial charge in [-0.15, -0.1) is 11.3 Å². The van der Waals surface area contributed by atoms with Gasteiger partial charge >= 0.3 is 5.97 Å². The van der Waals surface area contributed by atoms with Gasteiger partial charge in [-0.2, -0.15) is 0 Å². The minimum atomic E-state index is -1.10. The molecule has 7 heteroatoms. The van der Waals surface area contributed by atoms with Gasteiger partial charge in [0.1, 0.15) is 0 Å². The number of carboxylic acids is 1. The van der Waals surface area contributed by atoms with Gasteiger partial charge in [-0.25, -0.2) is 9.78 Å². The van der Waals surface area contributed by atoms with Crippen molar-refractivity contribution in [3.05, 3.63) is 28.4 Å². The molecule has 0 fully saturated rings. The molecular formula is C12H10ClNO4S. The molecule has 100 valence electrons. The fourth-order valence-electron chi connectivity index (χ4n) is 1.65. The number of rotatable bonds is 4. The number of ether oxygens (including phenoxy) is 2. The maximum Gasteiger partial charge on any atom is 0.356 e. The molecular weight excluding hydrogens is 290 g/mol. The number of methoxy groups -OCH3 is 2. The van der Waals surface area contributed by atoms with Crippen LogP contribution in [-0.2, 0) is 0 Å². The molecule has 0 bridgehead atoms. The van der Waals surface area contributed by atoms with E-state index in [4.69, 9.17) is 26.2 Å². The van der Waals surface area contributed by atoms with Crippen molar-refractivity contribution in [3.63, 3.8) is 0 Å². The van der Waals surface area contributed by atoms with E-state index in [0.717, 1.165) is 0 Å². The molecule has 0 saturated heterocycles. The molecule has 0 radical (unpaired) electrons. The number of nitrogens with zero attached hydrogens (tertiary/aromatic N) is 1. The van der Waals surface area contributed by atoms with Gasteiger partial charge in [-0.3, -0.25) is 0 Å². The van der Waals surface area contributed by atoms with Gasteiger partial charge in [-0.1, -0.05) is 11.6 Å². The fraction of sp³-hybridized carbons (Fsp3) is 0.167. The van der Waals surface area contributed by atoms with Crippen LogP contribution in [0.1, 0.15) is 10.5 Å². The van der Waals surface area contributed by atoms with E-state index >= 15 is 0 Å². The first kappa shape index (κ1) is 13.6. The first-order valence-corrected chi connectivity index (χ1v) is 6.43. The number of halogens is 1. The van der Waals surface area contributed by atoms with Crippen LogP contribution in [-0.4, -0.2) is 30.3 Å². The van der Waals surface area contributed by atoms with Crippen LogP contribution < -0.4 is 9.47 Å². The highest BCUT2D eigenvalue weighted by Gasteiger charge is 2.21. The lowest BCUT2D eigenvalue weighted by Crippen LogP contribution is -1.99. The maximum absolute atomic E-state index is 11.1. The van der Waals surface area contributed by atoms with Gasteiger partial charge in [0, 0.05) is 5.56 Å². The van der Waals surface area contributed by atoms with Crippen molar-refractivity contribution in [2.75, 3.05) is 14.2 Å². The quantitative estimate of drug-likeness (QED) is 0.939. The number of aromatic nitrogens is 1. The van der Waals surface area contributed by atoms with Crippen molar-refractivity contribution in [2.24, 2.45) is 0 Å². The second-order valence-corrected chi connectivity index (χ2v) is 4.73. The molecule has 0 aliphatic rings. The molecule has 5 nitrogen and oxygen atoms in total. The van der Waals surface area contributed by atoms with Crippen LogP contribution in [0.4, 0.5) is 0 Å². The second-order valence-electron chi connectivity index (χ2n) is 3.50. The molecule has 2 aromatic rings. The minimum absolute atomic E-state index is 0.0286. The molecule has 0 amide bonds. The molecule has 1 heterocycles. The third-order valence-electron chi connectivity index (χ3n) is 2.50. The standard InChI is InChI=1S/C12H10ClNO4S/c1-17-7-4-3-6(8(13)10(7)18-2)11-9(12(15)16)14-5-19-11/h3-5H,1-2H3,(H,15,16). The van der Waals surface area contributed by atoms with E-state index < -0.39 is 5.97 Å².